The number of fused-ring (bicyclic) bond motifs is 1. The first-order valence-electron chi connectivity index (χ1n) is 14.8. The van der Waals surface area contributed by atoms with Crippen molar-refractivity contribution in [1.29, 1.82) is 0 Å². The fourth-order valence-electron chi connectivity index (χ4n) is 5.72. The van der Waals surface area contributed by atoms with Crippen molar-refractivity contribution < 1.29 is 0 Å². The zero-order valence-corrected chi connectivity index (χ0v) is 33.9. The number of aryl methyl sites for hydroxylation is 2. The van der Waals surface area contributed by atoms with Crippen LogP contribution in [0.2, 0.25) is 3.98 Å². The van der Waals surface area contributed by atoms with Crippen LogP contribution in [0.25, 0.3) is 16.7 Å². The summed E-state index contributed by atoms with van der Waals surface area (Å²) in [4.78, 5) is 2.41. The summed E-state index contributed by atoms with van der Waals surface area (Å²) >= 11 is 8.94. The number of hydrogen-bond acceptors (Lipinski definition) is 2. The van der Waals surface area contributed by atoms with Gasteiger partial charge in [-0.05, 0) is 0 Å². The molecule has 0 aromatic heterocycles. The number of thioether (sulfide) groups is 1. The summed E-state index contributed by atoms with van der Waals surface area (Å²) < 4.78 is 2.60. The van der Waals surface area contributed by atoms with Crippen molar-refractivity contribution in [2.75, 3.05) is 0 Å². The van der Waals surface area contributed by atoms with Crippen molar-refractivity contribution in [3.63, 3.8) is 0 Å². The summed E-state index contributed by atoms with van der Waals surface area (Å²) in [6, 6.07) is 24.6. The van der Waals surface area contributed by atoms with Crippen LogP contribution < -0.4 is 0 Å². The van der Waals surface area contributed by atoms with Gasteiger partial charge in [-0.3, -0.25) is 0 Å². The molecule has 0 spiro atoms. The first-order valence-corrected chi connectivity index (χ1v) is 20.8. The minimum atomic E-state index is 1.04. The van der Waals surface area contributed by atoms with Gasteiger partial charge in [0.05, 0.1) is 0 Å². The molecule has 0 atom stereocenters. The van der Waals surface area contributed by atoms with E-state index in [0.717, 1.165) is 86.1 Å². The Morgan fingerprint density at radius 2 is 1.67 bits per heavy atom. The van der Waals surface area contributed by atoms with Gasteiger partial charge in [-0.15, -0.1) is 0 Å². The van der Waals surface area contributed by atoms with E-state index >= 15 is 0 Å². The Morgan fingerprint density at radius 3 is 2.40 bits per heavy atom. The summed E-state index contributed by atoms with van der Waals surface area (Å²) in [6.45, 7) is 4.54. The summed E-state index contributed by atoms with van der Waals surface area (Å²) in [5.74, 6) is 0. The molecule has 2 aliphatic rings. The Morgan fingerprint density at radius 1 is 0.929 bits per heavy atom. The van der Waals surface area contributed by atoms with Gasteiger partial charge < -0.3 is 0 Å². The van der Waals surface area contributed by atoms with Crippen molar-refractivity contribution in [2.24, 2.45) is 0 Å². The Balaban J connectivity index is 1.66. The van der Waals surface area contributed by atoms with Crippen molar-refractivity contribution in [3.8, 4) is 0 Å². The number of allylic oxidation sites excluding steroid dienone is 11. The maximum atomic E-state index is 4.79. The molecule has 0 fully saturated rings. The second kappa shape index (κ2) is 15.6. The van der Waals surface area contributed by atoms with E-state index in [1.54, 1.807) is 0 Å². The van der Waals surface area contributed by atoms with Crippen molar-refractivity contribution in [2.45, 2.75) is 59.7 Å². The molecule has 0 unspecified atom stereocenters. The zero-order chi connectivity index (χ0) is 29.5. The summed E-state index contributed by atoms with van der Waals surface area (Å²) in [5.41, 5.74) is 13.7. The zero-order valence-electron chi connectivity index (χ0n) is 24.4. The Bertz CT molecular complexity index is 1630. The molecular weight excluding hydrogens is 935 g/mol. The molecule has 0 nitrogen and oxygen atoms in total. The van der Waals surface area contributed by atoms with Gasteiger partial charge >= 0.3 is 297 Å². The van der Waals surface area contributed by atoms with Crippen LogP contribution in [-0.4, -0.2) is 51.5 Å². The quantitative estimate of drug-likeness (QED) is 0.133. The molecule has 3 aromatic rings. The van der Waals surface area contributed by atoms with Gasteiger partial charge in [0.25, 0.3) is 0 Å². The average molecular weight is 971 g/mol. The average Bonchev–Trinajstić information content (AvgIpc) is 3.01. The van der Waals surface area contributed by atoms with E-state index in [0.29, 0.717) is 0 Å². The van der Waals surface area contributed by atoms with Crippen LogP contribution in [0.4, 0.5) is 0 Å². The van der Waals surface area contributed by atoms with E-state index in [1.807, 2.05) is 11.8 Å². The van der Waals surface area contributed by atoms with Crippen LogP contribution in [0.1, 0.15) is 60.9 Å². The molecule has 0 N–H and O–H groups in total. The first-order chi connectivity index (χ1) is 20.5. The van der Waals surface area contributed by atoms with Crippen molar-refractivity contribution >= 4 is 92.6 Å². The fraction of sp³-hybridized carbons (Fsp3) is 0.211. The van der Waals surface area contributed by atoms with Crippen LogP contribution in [-0.2, 0) is 12.8 Å². The fourth-order valence-corrected chi connectivity index (χ4v) is 9.62. The van der Waals surface area contributed by atoms with Crippen molar-refractivity contribution in [1.82, 2.24) is 0 Å². The Kier molecular flexibility index (Phi) is 11.9. The van der Waals surface area contributed by atoms with E-state index < -0.39 is 0 Å². The van der Waals surface area contributed by atoms with Crippen molar-refractivity contribution in [3.05, 3.63) is 145 Å². The van der Waals surface area contributed by atoms with Gasteiger partial charge in [0, 0.05) is 0 Å². The topological polar surface area (TPSA) is 0 Å². The van der Waals surface area contributed by atoms with Gasteiger partial charge in [-0.1, -0.05) is 0 Å². The van der Waals surface area contributed by atoms with Gasteiger partial charge in [-0.25, -0.2) is 0 Å². The van der Waals surface area contributed by atoms with Crippen LogP contribution >= 0.6 is 24.4 Å². The molecule has 4 heteroatoms. The van der Waals surface area contributed by atoms with Crippen LogP contribution in [0, 0.1) is 0 Å². The Hall–Kier alpha value is -1.36. The molecule has 0 saturated heterocycles. The first kappa shape index (κ1) is 32.0. The number of benzene rings is 3. The third-order valence-corrected chi connectivity index (χ3v) is 11.7. The normalized spacial score (nSPS) is 17.7. The van der Waals surface area contributed by atoms with Crippen LogP contribution in [0.15, 0.2) is 127 Å². The molecule has 3 aromatic carbocycles. The number of thiol groups is 1. The van der Waals surface area contributed by atoms with Crippen LogP contribution in [0.5, 0.6) is 0 Å². The second-order valence-electron chi connectivity index (χ2n) is 10.6. The molecule has 0 amide bonds. The monoisotopic (exact) mass is 972 g/mol. The third kappa shape index (κ3) is 7.83. The van der Waals surface area contributed by atoms with E-state index in [4.69, 9.17) is 12.6 Å². The molecule has 208 valence electrons. The van der Waals surface area contributed by atoms with Gasteiger partial charge in [0.15, 0.2) is 0 Å². The van der Waals surface area contributed by atoms with E-state index in [2.05, 4.69) is 117 Å². The number of hydrogen-bond donors (Lipinski definition) is 1. The summed E-state index contributed by atoms with van der Waals surface area (Å²) in [5, 5.41) is 0. The molecule has 6 radical (unpaired) electrons. The summed E-state index contributed by atoms with van der Waals surface area (Å²) in [7, 11) is 0. The van der Waals surface area contributed by atoms with E-state index in [9.17, 15) is 0 Å². The minimum absolute atomic E-state index is 1.04. The molecule has 5 rings (SSSR count). The third-order valence-electron chi connectivity index (χ3n) is 7.86. The van der Waals surface area contributed by atoms with E-state index in [1.165, 1.54) is 69.5 Å². The standard InChI is InChI=1S/C38H36S2.2Pb/c1-4-27-24-28(5-2)26-33(25-27)38-31(20-18-29(6-3)34-14-7-9-16-36(34)39)12-11-13-32(38)21-19-30-22-23-40-37-17-10-8-15-35(30)37;;/h6-10,14-22,24-26,39H,3-5,11-13H2,1-2H3;;/b20-18+,29-6-,30-19+,32-21+;;. The van der Waals surface area contributed by atoms with Gasteiger partial charge in [-0.2, -0.15) is 0 Å². The second-order valence-corrected chi connectivity index (χ2v) is 17.3. The van der Waals surface area contributed by atoms with E-state index in [-0.39, 0.29) is 0 Å². The predicted octanol–water partition coefficient (Wildman–Crippen LogP) is 10.4. The molecule has 42 heavy (non-hydrogen) atoms. The molecule has 1 heterocycles. The maximum absolute atomic E-state index is 4.79. The molecule has 1 aliphatic heterocycles. The van der Waals surface area contributed by atoms with Gasteiger partial charge in [0.2, 0.25) is 0 Å². The molecule has 0 saturated carbocycles. The van der Waals surface area contributed by atoms with Gasteiger partial charge in [0.1, 0.15) is 0 Å². The Labute approximate surface area is 294 Å². The summed E-state index contributed by atoms with van der Waals surface area (Å²) in [6.07, 6.45) is 19.8. The SMILES string of the molecule is CCc1cc(CC)cc(C2=C(/C=C/C(=C/[CH2][Pb])c3ccccc3S)CCC/C2=C\C=C2/C=[C]([Pb])Sc3ccccc32)c1. The molecule has 0 bridgehead atoms. The van der Waals surface area contributed by atoms with Crippen LogP contribution in [0.3, 0.4) is 0 Å². The number of rotatable bonds is 8. The molecule has 1 aliphatic carbocycles. The predicted molar refractivity (Wildman–Crippen MR) is 190 cm³/mol. The molecular formula is C38H36Pb2S2.